The van der Waals surface area contributed by atoms with Crippen molar-refractivity contribution in [2.45, 2.75) is 25.4 Å². The van der Waals surface area contributed by atoms with Crippen molar-refractivity contribution < 1.29 is 13.6 Å². The molecule has 1 amide bonds. The molecule has 0 unspecified atom stereocenters. The predicted octanol–water partition coefficient (Wildman–Crippen LogP) is 3.16. The highest BCUT2D eigenvalue weighted by Crippen LogP contribution is 2.30. The summed E-state index contributed by atoms with van der Waals surface area (Å²) in [7, 11) is 0. The number of carbonyl (C=O) groups excluding carboxylic acids is 1. The summed E-state index contributed by atoms with van der Waals surface area (Å²) >= 11 is 0. The average molecular weight is 288 g/mol. The lowest BCUT2D eigenvalue weighted by Gasteiger charge is -2.22. The summed E-state index contributed by atoms with van der Waals surface area (Å²) in [6.45, 7) is 0.345. The van der Waals surface area contributed by atoms with Gasteiger partial charge in [0.15, 0.2) is 0 Å². The second-order valence-electron chi connectivity index (χ2n) is 5.13. The standard InChI is InChI=1S/C16H14F2N2O/c17-12-5-3-11(4-6-12)10-20(13-7-8-13)16(21)14-2-1-9-19-15(14)18/h1-6,9,13H,7-8,10H2. The van der Waals surface area contributed by atoms with Gasteiger partial charge in [-0.2, -0.15) is 4.39 Å². The number of rotatable bonds is 4. The molecule has 0 bridgehead atoms. The Kier molecular flexibility index (Phi) is 3.64. The van der Waals surface area contributed by atoms with E-state index in [2.05, 4.69) is 4.98 Å². The third-order valence-corrected chi connectivity index (χ3v) is 3.50. The van der Waals surface area contributed by atoms with Crippen LogP contribution in [0.25, 0.3) is 0 Å². The molecule has 0 aliphatic heterocycles. The highest BCUT2D eigenvalue weighted by molar-refractivity contribution is 5.94. The zero-order valence-electron chi connectivity index (χ0n) is 11.3. The third kappa shape index (κ3) is 3.07. The average Bonchev–Trinajstić information content (AvgIpc) is 3.31. The quantitative estimate of drug-likeness (QED) is 0.810. The fraction of sp³-hybridized carbons (Fsp3) is 0.250. The van der Waals surface area contributed by atoms with Crippen LogP contribution in [0.3, 0.4) is 0 Å². The van der Waals surface area contributed by atoms with Gasteiger partial charge in [0.2, 0.25) is 5.95 Å². The van der Waals surface area contributed by atoms with Crippen LogP contribution < -0.4 is 0 Å². The maximum absolute atomic E-state index is 13.7. The summed E-state index contributed by atoms with van der Waals surface area (Å²) in [6, 6.07) is 9.09. The number of aromatic nitrogens is 1. The van der Waals surface area contributed by atoms with Crippen molar-refractivity contribution in [2.75, 3.05) is 0 Å². The first-order valence-electron chi connectivity index (χ1n) is 6.81. The Morgan fingerprint density at radius 2 is 1.90 bits per heavy atom. The van der Waals surface area contributed by atoms with Gasteiger partial charge in [0, 0.05) is 18.8 Å². The molecular formula is C16H14F2N2O. The second-order valence-corrected chi connectivity index (χ2v) is 5.13. The Morgan fingerprint density at radius 1 is 1.19 bits per heavy atom. The van der Waals surface area contributed by atoms with E-state index in [0.29, 0.717) is 6.54 Å². The first-order chi connectivity index (χ1) is 10.1. The zero-order valence-corrected chi connectivity index (χ0v) is 11.3. The summed E-state index contributed by atoms with van der Waals surface area (Å²) in [6.07, 6.45) is 3.14. The SMILES string of the molecule is O=C(c1cccnc1F)N(Cc1ccc(F)cc1)C1CC1. The monoisotopic (exact) mass is 288 g/mol. The second kappa shape index (κ2) is 5.60. The molecule has 0 saturated heterocycles. The molecule has 0 spiro atoms. The summed E-state index contributed by atoms with van der Waals surface area (Å²) in [5.74, 6) is -1.44. The van der Waals surface area contributed by atoms with Gasteiger partial charge in [-0.05, 0) is 42.7 Å². The minimum atomic E-state index is -0.757. The van der Waals surface area contributed by atoms with Gasteiger partial charge in [-0.25, -0.2) is 9.37 Å². The smallest absolute Gasteiger partial charge is 0.259 e. The summed E-state index contributed by atoms with van der Waals surface area (Å²) in [5.41, 5.74) is 0.799. The Balaban J connectivity index is 1.83. The molecule has 0 radical (unpaired) electrons. The van der Waals surface area contributed by atoms with E-state index in [-0.39, 0.29) is 23.3 Å². The molecule has 1 heterocycles. The molecule has 1 aliphatic carbocycles. The molecule has 21 heavy (non-hydrogen) atoms. The fourth-order valence-corrected chi connectivity index (χ4v) is 2.24. The summed E-state index contributed by atoms with van der Waals surface area (Å²) in [4.78, 5) is 17.6. The molecule has 0 N–H and O–H groups in total. The van der Waals surface area contributed by atoms with Gasteiger partial charge in [-0.15, -0.1) is 0 Å². The van der Waals surface area contributed by atoms with Gasteiger partial charge >= 0.3 is 0 Å². The number of hydrogen-bond acceptors (Lipinski definition) is 2. The largest absolute Gasteiger partial charge is 0.331 e. The van der Waals surface area contributed by atoms with Gasteiger partial charge < -0.3 is 4.90 Å². The molecule has 3 nitrogen and oxygen atoms in total. The van der Waals surface area contributed by atoms with E-state index in [4.69, 9.17) is 0 Å². The van der Waals surface area contributed by atoms with Crippen molar-refractivity contribution in [1.29, 1.82) is 0 Å². The lowest BCUT2D eigenvalue weighted by atomic mass is 10.1. The molecule has 3 rings (SSSR count). The fourth-order valence-electron chi connectivity index (χ4n) is 2.24. The molecule has 2 aromatic rings. The number of nitrogens with zero attached hydrogens (tertiary/aromatic N) is 2. The normalized spacial score (nSPS) is 14.0. The molecule has 1 saturated carbocycles. The first kappa shape index (κ1) is 13.7. The number of pyridine rings is 1. The van der Waals surface area contributed by atoms with Crippen LogP contribution in [0.15, 0.2) is 42.6 Å². The van der Waals surface area contributed by atoms with Crippen LogP contribution in [0.2, 0.25) is 0 Å². The first-order valence-corrected chi connectivity index (χ1v) is 6.81. The Morgan fingerprint density at radius 3 is 2.52 bits per heavy atom. The van der Waals surface area contributed by atoms with Gasteiger partial charge in [-0.1, -0.05) is 12.1 Å². The molecular weight excluding hydrogens is 274 g/mol. The third-order valence-electron chi connectivity index (χ3n) is 3.50. The van der Waals surface area contributed by atoms with Crippen LogP contribution in [0.5, 0.6) is 0 Å². The Bertz CT molecular complexity index is 654. The van der Waals surface area contributed by atoms with Crippen LogP contribution >= 0.6 is 0 Å². The van der Waals surface area contributed by atoms with Crippen LogP contribution in [0.1, 0.15) is 28.8 Å². The van der Waals surface area contributed by atoms with Crippen molar-refractivity contribution in [1.82, 2.24) is 9.88 Å². The Labute approximate surface area is 121 Å². The predicted molar refractivity (Wildman–Crippen MR) is 73.5 cm³/mol. The number of carbonyl (C=O) groups is 1. The lowest BCUT2D eigenvalue weighted by molar-refractivity contribution is 0.0724. The summed E-state index contributed by atoms with van der Waals surface area (Å²) in [5, 5.41) is 0. The van der Waals surface area contributed by atoms with Gasteiger partial charge in [0.05, 0.1) is 5.56 Å². The molecule has 0 atom stereocenters. The van der Waals surface area contributed by atoms with E-state index < -0.39 is 5.95 Å². The van der Waals surface area contributed by atoms with Crippen molar-refractivity contribution in [3.63, 3.8) is 0 Å². The maximum Gasteiger partial charge on any atom is 0.259 e. The number of hydrogen-bond donors (Lipinski definition) is 0. The van der Waals surface area contributed by atoms with Crippen molar-refractivity contribution in [2.24, 2.45) is 0 Å². The molecule has 1 fully saturated rings. The van der Waals surface area contributed by atoms with E-state index in [1.807, 2.05) is 0 Å². The molecule has 1 aromatic heterocycles. The molecule has 108 valence electrons. The van der Waals surface area contributed by atoms with Crippen molar-refractivity contribution in [3.8, 4) is 0 Å². The Hall–Kier alpha value is -2.30. The minimum absolute atomic E-state index is 0.0217. The van der Waals surface area contributed by atoms with Crippen LogP contribution in [-0.2, 0) is 6.54 Å². The molecule has 5 heteroatoms. The zero-order chi connectivity index (χ0) is 14.8. The highest BCUT2D eigenvalue weighted by Gasteiger charge is 2.34. The lowest BCUT2D eigenvalue weighted by Crippen LogP contribution is -2.33. The highest BCUT2D eigenvalue weighted by atomic mass is 19.1. The number of amides is 1. The van der Waals surface area contributed by atoms with Gasteiger partial charge in [0.1, 0.15) is 5.82 Å². The van der Waals surface area contributed by atoms with Crippen molar-refractivity contribution >= 4 is 5.91 Å². The van der Waals surface area contributed by atoms with Crippen LogP contribution in [0.4, 0.5) is 8.78 Å². The van der Waals surface area contributed by atoms with Gasteiger partial charge in [0.25, 0.3) is 5.91 Å². The van der Waals surface area contributed by atoms with Crippen LogP contribution in [0, 0.1) is 11.8 Å². The van der Waals surface area contributed by atoms with E-state index >= 15 is 0 Å². The van der Waals surface area contributed by atoms with Gasteiger partial charge in [-0.3, -0.25) is 4.79 Å². The van der Waals surface area contributed by atoms with E-state index in [1.54, 1.807) is 23.1 Å². The van der Waals surface area contributed by atoms with E-state index in [0.717, 1.165) is 18.4 Å². The summed E-state index contributed by atoms with van der Waals surface area (Å²) < 4.78 is 26.6. The molecule has 1 aliphatic rings. The maximum atomic E-state index is 13.7. The van der Waals surface area contributed by atoms with Crippen molar-refractivity contribution in [3.05, 3.63) is 65.5 Å². The van der Waals surface area contributed by atoms with E-state index in [9.17, 15) is 13.6 Å². The van der Waals surface area contributed by atoms with E-state index in [1.165, 1.54) is 24.4 Å². The number of benzene rings is 1. The minimum Gasteiger partial charge on any atom is -0.331 e. The molecule has 1 aromatic carbocycles. The topological polar surface area (TPSA) is 33.2 Å². The number of halogens is 2. The van der Waals surface area contributed by atoms with Crippen LogP contribution in [-0.4, -0.2) is 21.8 Å².